The Hall–Kier alpha value is -2.00. The van der Waals surface area contributed by atoms with Crippen molar-refractivity contribution < 1.29 is 9.53 Å². The Morgan fingerprint density at radius 2 is 1.62 bits per heavy atom. The van der Waals surface area contributed by atoms with Crippen LogP contribution >= 0.6 is 11.8 Å². The lowest BCUT2D eigenvalue weighted by molar-refractivity contribution is 0.104. The molecule has 2 rings (SSSR count). The SMILES string of the molecule is CCCCCCCCCCOc1cccc(C(=O)C=Cc2ccc(SC)cc2)c1. The zero-order chi connectivity index (χ0) is 20.7. The normalized spacial score (nSPS) is 11.1. The van der Waals surface area contributed by atoms with Gasteiger partial charge >= 0.3 is 0 Å². The van der Waals surface area contributed by atoms with Gasteiger partial charge < -0.3 is 4.74 Å². The van der Waals surface area contributed by atoms with Crippen LogP contribution in [0.5, 0.6) is 5.75 Å². The lowest BCUT2D eigenvalue weighted by Crippen LogP contribution is -1.99. The van der Waals surface area contributed by atoms with Gasteiger partial charge in [-0.25, -0.2) is 0 Å². The van der Waals surface area contributed by atoms with Crippen molar-refractivity contribution in [1.29, 1.82) is 0 Å². The molecule has 3 heteroatoms. The van der Waals surface area contributed by atoms with Crippen LogP contribution in [0, 0.1) is 0 Å². The van der Waals surface area contributed by atoms with Crippen molar-refractivity contribution in [3.05, 3.63) is 65.7 Å². The van der Waals surface area contributed by atoms with Crippen LogP contribution in [0.3, 0.4) is 0 Å². The predicted octanol–water partition coefficient (Wildman–Crippen LogP) is 7.82. The largest absolute Gasteiger partial charge is 0.494 e. The van der Waals surface area contributed by atoms with Crippen LogP contribution < -0.4 is 4.74 Å². The first-order valence-corrected chi connectivity index (χ1v) is 12.0. The van der Waals surface area contributed by atoms with Crippen molar-refractivity contribution in [3.8, 4) is 5.75 Å². The molecular formula is C26H34O2S. The number of hydrogen-bond donors (Lipinski definition) is 0. The maximum atomic E-state index is 12.5. The highest BCUT2D eigenvalue weighted by molar-refractivity contribution is 7.98. The van der Waals surface area contributed by atoms with Crippen molar-refractivity contribution in [2.75, 3.05) is 12.9 Å². The second kappa shape index (κ2) is 14.1. The van der Waals surface area contributed by atoms with Gasteiger partial charge in [-0.3, -0.25) is 4.79 Å². The van der Waals surface area contributed by atoms with E-state index in [2.05, 4.69) is 25.3 Å². The first-order valence-electron chi connectivity index (χ1n) is 10.8. The van der Waals surface area contributed by atoms with Gasteiger partial charge in [0.05, 0.1) is 6.61 Å². The standard InChI is InChI=1S/C26H34O2S/c1-3-4-5-6-7-8-9-10-20-28-24-13-11-12-23(21-24)26(27)19-16-22-14-17-25(29-2)18-15-22/h11-19,21H,3-10,20H2,1-2H3. The lowest BCUT2D eigenvalue weighted by atomic mass is 10.1. The van der Waals surface area contributed by atoms with E-state index in [-0.39, 0.29) is 5.78 Å². The predicted molar refractivity (Wildman–Crippen MR) is 126 cm³/mol. The molecule has 0 spiro atoms. The number of ether oxygens (including phenoxy) is 1. The van der Waals surface area contributed by atoms with Gasteiger partial charge in [-0.15, -0.1) is 11.8 Å². The fourth-order valence-corrected chi connectivity index (χ4v) is 3.56. The molecule has 2 aromatic carbocycles. The van der Waals surface area contributed by atoms with E-state index in [0.29, 0.717) is 12.2 Å². The summed E-state index contributed by atoms with van der Waals surface area (Å²) in [5.74, 6) is 0.771. The minimum absolute atomic E-state index is 0.00327. The fourth-order valence-electron chi connectivity index (χ4n) is 3.15. The summed E-state index contributed by atoms with van der Waals surface area (Å²) in [5.41, 5.74) is 1.69. The van der Waals surface area contributed by atoms with Gasteiger partial charge in [0, 0.05) is 10.5 Å². The van der Waals surface area contributed by atoms with E-state index in [9.17, 15) is 4.79 Å². The van der Waals surface area contributed by atoms with Crippen LogP contribution in [0.4, 0.5) is 0 Å². The van der Waals surface area contributed by atoms with E-state index in [0.717, 1.165) is 17.7 Å². The summed E-state index contributed by atoms with van der Waals surface area (Å²) >= 11 is 1.71. The molecule has 0 aliphatic heterocycles. The van der Waals surface area contributed by atoms with Crippen LogP contribution in [0.1, 0.15) is 74.2 Å². The molecule has 0 aliphatic carbocycles. The Morgan fingerprint density at radius 3 is 2.31 bits per heavy atom. The van der Waals surface area contributed by atoms with Crippen molar-refractivity contribution in [2.45, 2.75) is 63.2 Å². The first kappa shape index (κ1) is 23.3. The third-order valence-electron chi connectivity index (χ3n) is 4.93. The fraction of sp³-hybridized carbons (Fsp3) is 0.423. The molecule has 0 bridgehead atoms. The van der Waals surface area contributed by atoms with Crippen LogP contribution in [0.25, 0.3) is 6.08 Å². The van der Waals surface area contributed by atoms with Crippen molar-refractivity contribution >= 4 is 23.6 Å². The van der Waals surface area contributed by atoms with Gasteiger partial charge in [-0.2, -0.15) is 0 Å². The number of thioether (sulfide) groups is 1. The van der Waals surface area contributed by atoms with Gasteiger partial charge in [0.1, 0.15) is 5.75 Å². The number of allylic oxidation sites excluding steroid dienone is 1. The van der Waals surface area contributed by atoms with Gasteiger partial charge in [-0.1, -0.05) is 82.2 Å². The number of carbonyl (C=O) groups excluding carboxylic acids is 1. The zero-order valence-electron chi connectivity index (χ0n) is 17.9. The molecule has 0 atom stereocenters. The monoisotopic (exact) mass is 410 g/mol. The van der Waals surface area contributed by atoms with Crippen LogP contribution in [-0.4, -0.2) is 18.6 Å². The van der Waals surface area contributed by atoms with Gasteiger partial charge in [-0.05, 0) is 48.6 Å². The third-order valence-corrected chi connectivity index (χ3v) is 5.67. The van der Waals surface area contributed by atoms with Crippen molar-refractivity contribution in [3.63, 3.8) is 0 Å². The zero-order valence-corrected chi connectivity index (χ0v) is 18.7. The smallest absolute Gasteiger partial charge is 0.185 e. The molecular weight excluding hydrogens is 376 g/mol. The number of carbonyl (C=O) groups is 1. The van der Waals surface area contributed by atoms with E-state index in [4.69, 9.17) is 4.74 Å². The summed E-state index contributed by atoms with van der Waals surface area (Å²) in [5, 5.41) is 0. The van der Waals surface area contributed by atoms with Crippen LogP contribution in [0.15, 0.2) is 59.5 Å². The summed E-state index contributed by atoms with van der Waals surface area (Å²) in [6, 6.07) is 15.7. The second-order valence-electron chi connectivity index (χ2n) is 7.32. The maximum absolute atomic E-state index is 12.5. The van der Waals surface area contributed by atoms with E-state index >= 15 is 0 Å². The highest BCUT2D eigenvalue weighted by Crippen LogP contribution is 2.18. The number of hydrogen-bond acceptors (Lipinski definition) is 3. The second-order valence-corrected chi connectivity index (χ2v) is 8.20. The van der Waals surface area contributed by atoms with E-state index < -0.39 is 0 Å². The van der Waals surface area contributed by atoms with E-state index in [1.54, 1.807) is 17.8 Å². The van der Waals surface area contributed by atoms with Crippen molar-refractivity contribution in [1.82, 2.24) is 0 Å². The molecule has 2 aromatic rings. The third kappa shape index (κ3) is 9.36. The summed E-state index contributed by atoms with van der Waals surface area (Å²) in [4.78, 5) is 13.7. The average molecular weight is 411 g/mol. The molecule has 0 aromatic heterocycles. The highest BCUT2D eigenvalue weighted by atomic mass is 32.2. The maximum Gasteiger partial charge on any atom is 0.185 e. The first-order chi connectivity index (χ1) is 14.2. The van der Waals surface area contributed by atoms with Crippen LogP contribution in [0.2, 0.25) is 0 Å². The molecule has 2 nitrogen and oxygen atoms in total. The summed E-state index contributed by atoms with van der Waals surface area (Å²) in [6.07, 6.45) is 15.8. The topological polar surface area (TPSA) is 26.3 Å². The van der Waals surface area contributed by atoms with Crippen LogP contribution in [-0.2, 0) is 0 Å². The molecule has 0 aliphatic rings. The molecule has 0 unspecified atom stereocenters. The average Bonchev–Trinajstić information content (AvgIpc) is 2.77. The van der Waals surface area contributed by atoms with Gasteiger partial charge in [0.15, 0.2) is 5.78 Å². The quantitative estimate of drug-likeness (QED) is 0.137. The Bertz CT molecular complexity index is 750. The number of unbranched alkanes of at least 4 members (excludes halogenated alkanes) is 7. The summed E-state index contributed by atoms with van der Waals surface area (Å²) < 4.78 is 5.85. The Kier molecular flexibility index (Phi) is 11.3. The molecule has 0 N–H and O–H groups in total. The van der Waals surface area contributed by atoms with Gasteiger partial charge in [0.2, 0.25) is 0 Å². The lowest BCUT2D eigenvalue weighted by Gasteiger charge is -2.07. The number of benzene rings is 2. The minimum atomic E-state index is -0.00327. The van der Waals surface area contributed by atoms with Crippen molar-refractivity contribution in [2.24, 2.45) is 0 Å². The molecule has 0 amide bonds. The van der Waals surface area contributed by atoms with E-state index in [1.165, 1.54) is 49.8 Å². The number of rotatable bonds is 14. The Balaban J connectivity index is 1.73. The molecule has 0 fully saturated rings. The molecule has 0 saturated carbocycles. The molecule has 0 saturated heterocycles. The summed E-state index contributed by atoms with van der Waals surface area (Å²) in [7, 11) is 0. The minimum Gasteiger partial charge on any atom is -0.494 e. The Morgan fingerprint density at radius 1 is 0.931 bits per heavy atom. The Labute approximate surface area is 180 Å². The molecule has 0 radical (unpaired) electrons. The summed E-state index contributed by atoms with van der Waals surface area (Å²) in [6.45, 7) is 2.96. The van der Waals surface area contributed by atoms with E-state index in [1.807, 2.05) is 42.5 Å². The highest BCUT2D eigenvalue weighted by Gasteiger charge is 2.04. The molecule has 156 valence electrons. The van der Waals surface area contributed by atoms with Gasteiger partial charge in [0.25, 0.3) is 0 Å². The molecule has 0 heterocycles. The number of ketones is 1. The molecule has 29 heavy (non-hydrogen) atoms.